The first-order valence-electron chi connectivity index (χ1n) is 10.2. The van der Waals surface area contributed by atoms with Crippen molar-refractivity contribution in [1.29, 1.82) is 0 Å². The second kappa shape index (κ2) is 7.72. The Kier molecular flexibility index (Phi) is 4.79. The molecule has 1 aromatic carbocycles. The van der Waals surface area contributed by atoms with Crippen molar-refractivity contribution >= 4 is 5.82 Å². The Labute approximate surface area is 165 Å². The Morgan fingerprint density at radius 3 is 2.71 bits per heavy atom. The first kappa shape index (κ1) is 17.4. The van der Waals surface area contributed by atoms with Gasteiger partial charge in [-0.3, -0.25) is 4.90 Å². The zero-order chi connectivity index (χ0) is 18.8. The van der Waals surface area contributed by atoms with Gasteiger partial charge in [-0.25, -0.2) is 4.98 Å². The van der Waals surface area contributed by atoms with E-state index >= 15 is 0 Å². The van der Waals surface area contributed by atoms with Crippen molar-refractivity contribution in [2.45, 2.75) is 38.3 Å². The monoisotopic (exact) mass is 375 g/mol. The molecule has 5 rings (SSSR count). The minimum Gasteiger partial charge on any atom is -0.357 e. The molecule has 0 aliphatic carbocycles. The van der Waals surface area contributed by atoms with Gasteiger partial charge in [0.05, 0.1) is 6.04 Å². The van der Waals surface area contributed by atoms with E-state index < -0.39 is 0 Å². The first-order valence-corrected chi connectivity index (χ1v) is 10.2. The van der Waals surface area contributed by atoms with E-state index in [0.717, 1.165) is 56.3 Å². The van der Waals surface area contributed by atoms with Crippen LogP contribution < -0.4 is 4.90 Å². The zero-order valence-corrected chi connectivity index (χ0v) is 16.0. The molecule has 0 radical (unpaired) electrons. The largest absolute Gasteiger partial charge is 0.357 e. The number of rotatable bonds is 5. The highest BCUT2D eigenvalue weighted by Crippen LogP contribution is 2.33. The average Bonchev–Trinajstić information content (AvgIpc) is 3.50. The van der Waals surface area contributed by atoms with Crippen LogP contribution in [-0.4, -0.2) is 39.7 Å². The van der Waals surface area contributed by atoms with E-state index in [1.807, 2.05) is 12.3 Å². The highest BCUT2D eigenvalue weighted by atomic mass is 16.5. The van der Waals surface area contributed by atoms with Gasteiger partial charge in [0.2, 0.25) is 11.7 Å². The number of benzene rings is 1. The van der Waals surface area contributed by atoms with Gasteiger partial charge in [0.1, 0.15) is 5.82 Å². The predicted molar refractivity (Wildman–Crippen MR) is 108 cm³/mol. The van der Waals surface area contributed by atoms with E-state index in [0.29, 0.717) is 5.82 Å². The van der Waals surface area contributed by atoms with Gasteiger partial charge in [0, 0.05) is 31.4 Å². The summed E-state index contributed by atoms with van der Waals surface area (Å²) in [6.45, 7) is 4.12. The Hall–Kier alpha value is -2.73. The van der Waals surface area contributed by atoms with Gasteiger partial charge in [-0.15, -0.1) is 0 Å². The van der Waals surface area contributed by atoms with Crippen LogP contribution >= 0.6 is 0 Å². The average molecular weight is 375 g/mol. The lowest BCUT2D eigenvalue weighted by atomic mass is 10.2. The minimum atomic E-state index is 0.196. The fourth-order valence-electron chi connectivity index (χ4n) is 4.28. The van der Waals surface area contributed by atoms with Crippen LogP contribution in [0.4, 0.5) is 5.82 Å². The normalized spacial score (nSPS) is 20.1. The standard InChI is InChI=1S/C22H25N5O/c1-2-7-17(8-3-1)16-27-14-6-9-19(27)22-24-21(25-28-22)18-10-11-23-20(15-18)26-12-4-5-13-26/h1-3,7-8,10-11,15,19H,4-6,9,12-14,16H2/t19-/m0/s1. The van der Waals surface area contributed by atoms with Gasteiger partial charge in [-0.05, 0) is 49.9 Å². The third-order valence-corrected chi connectivity index (χ3v) is 5.75. The third kappa shape index (κ3) is 3.52. The summed E-state index contributed by atoms with van der Waals surface area (Å²) >= 11 is 0. The summed E-state index contributed by atoms with van der Waals surface area (Å²) < 4.78 is 5.70. The summed E-state index contributed by atoms with van der Waals surface area (Å²) in [6, 6.07) is 14.8. The van der Waals surface area contributed by atoms with E-state index in [2.05, 4.69) is 56.3 Å². The molecule has 0 bridgehead atoms. The van der Waals surface area contributed by atoms with Crippen molar-refractivity contribution in [3.05, 3.63) is 60.1 Å². The van der Waals surface area contributed by atoms with Crippen molar-refractivity contribution in [1.82, 2.24) is 20.0 Å². The molecule has 28 heavy (non-hydrogen) atoms. The molecule has 4 heterocycles. The van der Waals surface area contributed by atoms with Crippen LogP contribution in [0.5, 0.6) is 0 Å². The predicted octanol–water partition coefficient (Wildman–Crippen LogP) is 4.07. The lowest BCUT2D eigenvalue weighted by Gasteiger charge is -2.21. The number of likely N-dealkylation sites (tertiary alicyclic amines) is 1. The van der Waals surface area contributed by atoms with Crippen LogP contribution in [0.3, 0.4) is 0 Å². The molecule has 2 aliphatic heterocycles. The van der Waals surface area contributed by atoms with E-state index in [9.17, 15) is 0 Å². The Balaban J connectivity index is 1.35. The Bertz CT molecular complexity index is 919. The smallest absolute Gasteiger partial charge is 0.244 e. The molecule has 3 aromatic rings. The quantitative estimate of drug-likeness (QED) is 0.670. The maximum Gasteiger partial charge on any atom is 0.244 e. The lowest BCUT2D eigenvalue weighted by molar-refractivity contribution is 0.201. The van der Waals surface area contributed by atoms with Crippen LogP contribution in [0.2, 0.25) is 0 Å². The number of hydrogen-bond acceptors (Lipinski definition) is 6. The summed E-state index contributed by atoms with van der Waals surface area (Å²) in [4.78, 5) is 14.0. The maximum atomic E-state index is 5.70. The number of hydrogen-bond donors (Lipinski definition) is 0. The van der Waals surface area contributed by atoms with Crippen molar-refractivity contribution in [3.8, 4) is 11.4 Å². The van der Waals surface area contributed by atoms with Gasteiger partial charge >= 0.3 is 0 Å². The number of pyridine rings is 1. The van der Waals surface area contributed by atoms with Crippen molar-refractivity contribution in [3.63, 3.8) is 0 Å². The fraction of sp³-hybridized carbons (Fsp3) is 0.409. The van der Waals surface area contributed by atoms with Crippen LogP contribution in [0.25, 0.3) is 11.4 Å². The van der Waals surface area contributed by atoms with Crippen LogP contribution in [-0.2, 0) is 6.54 Å². The van der Waals surface area contributed by atoms with E-state index in [1.165, 1.54) is 18.4 Å². The molecule has 2 fully saturated rings. The van der Waals surface area contributed by atoms with Gasteiger partial charge in [0.25, 0.3) is 0 Å². The van der Waals surface area contributed by atoms with Gasteiger partial charge in [0.15, 0.2) is 0 Å². The van der Waals surface area contributed by atoms with E-state index in [4.69, 9.17) is 9.51 Å². The number of aromatic nitrogens is 3. The molecule has 2 aliphatic rings. The molecule has 6 heteroatoms. The molecule has 144 valence electrons. The van der Waals surface area contributed by atoms with Crippen LogP contribution in [0.1, 0.15) is 43.2 Å². The summed E-state index contributed by atoms with van der Waals surface area (Å²) in [5.74, 6) is 2.39. The summed E-state index contributed by atoms with van der Waals surface area (Å²) in [5, 5.41) is 4.28. The van der Waals surface area contributed by atoms with Gasteiger partial charge < -0.3 is 9.42 Å². The van der Waals surface area contributed by atoms with E-state index in [-0.39, 0.29) is 6.04 Å². The first-order chi connectivity index (χ1) is 13.9. The summed E-state index contributed by atoms with van der Waals surface area (Å²) in [6.07, 6.45) is 6.53. The number of anilines is 1. The second-order valence-electron chi connectivity index (χ2n) is 7.67. The second-order valence-corrected chi connectivity index (χ2v) is 7.67. The van der Waals surface area contributed by atoms with Gasteiger partial charge in [-0.2, -0.15) is 4.98 Å². The third-order valence-electron chi connectivity index (χ3n) is 5.75. The molecule has 0 unspecified atom stereocenters. The molecule has 0 N–H and O–H groups in total. The Morgan fingerprint density at radius 2 is 1.86 bits per heavy atom. The van der Waals surface area contributed by atoms with Crippen LogP contribution in [0.15, 0.2) is 53.2 Å². The zero-order valence-electron chi connectivity index (χ0n) is 16.0. The lowest BCUT2D eigenvalue weighted by Crippen LogP contribution is -2.23. The molecular weight excluding hydrogens is 350 g/mol. The minimum absolute atomic E-state index is 0.196. The summed E-state index contributed by atoms with van der Waals surface area (Å²) in [7, 11) is 0. The number of nitrogens with zero attached hydrogens (tertiary/aromatic N) is 5. The fourth-order valence-corrected chi connectivity index (χ4v) is 4.28. The molecule has 0 saturated carbocycles. The highest BCUT2D eigenvalue weighted by molar-refractivity contribution is 5.59. The SMILES string of the molecule is c1ccc(CN2CCC[C@H]2c2nc(-c3ccnc(N4CCCC4)c3)no2)cc1. The van der Waals surface area contributed by atoms with Crippen molar-refractivity contribution in [2.24, 2.45) is 0 Å². The molecule has 2 aromatic heterocycles. The highest BCUT2D eigenvalue weighted by Gasteiger charge is 2.31. The van der Waals surface area contributed by atoms with Crippen LogP contribution in [0, 0.1) is 0 Å². The molecular formula is C22H25N5O. The molecule has 6 nitrogen and oxygen atoms in total. The molecule has 0 amide bonds. The maximum absolute atomic E-state index is 5.70. The Morgan fingerprint density at radius 1 is 1.00 bits per heavy atom. The molecule has 0 spiro atoms. The topological polar surface area (TPSA) is 58.3 Å². The van der Waals surface area contributed by atoms with Gasteiger partial charge in [-0.1, -0.05) is 35.5 Å². The molecule has 1 atom stereocenters. The van der Waals surface area contributed by atoms with E-state index in [1.54, 1.807) is 0 Å². The van der Waals surface area contributed by atoms with Crippen molar-refractivity contribution < 1.29 is 4.52 Å². The summed E-state index contributed by atoms with van der Waals surface area (Å²) in [5.41, 5.74) is 2.29. The van der Waals surface area contributed by atoms with Crippen molar-refractivity contribution in [2.75, 3.05) is 24.5 Å². The molecule has 2 saturated heterocycles.